The van der Waals surface area contributed by atoms with Gasteiger partial charge in [0.1, 0.15) is 12.4 Å². The zero-order chi connectivity index (χ0) is 22.1. The molecule has 2 aromatic carbocycles. The zero-order valence-electron chi connectivity index (χ0n) is 15.7. The van der Waals surface area contributed by atoms with Crippen LogP contribution in [0.15, 0.2) is 47.6 Å². The van der Waals surface area contributed by atoms with Crippen molar-refractivity contribution in [3.8, 4) is 0 Å². The molecule has 0 saturated heterocycles. The maximum atomic E-state index is 13.5. The van der Waals surface area contributed by atoms with Crippen molar-refractivity contribution in [1.29, 1.82) is 0 Å². The molecular weight excluding hydrogens is 426 g/mol. The number of anilines is 1. The first-order chi connectivity index (χ1) is 14.1. The highest BCUT2D eigenvalue weighted by atomic mass is 35.5. The Morgan fingerprint density at radius 3 is 2.47 bits per heavy atom. The number of hydrazone groups is 1. The van der Waals surface area contributed by atoms with Gasteiger partial charge in [-0.15, -0.1) is 0 Å². The van der Waals surface area contributed by atoms with Crippen LogP contribution in [0.25, 0.3) is 0 Å². The fourth-order valence-corrected chi connectivity index (χ4v) is 3.02. The average molecular weight is 442 g/mol. The van der Waals surface area contributed by atoms with E-state index in [4.69, 9.17) is 11.6 Å². The molecule has 2 aromatic rings. The van der Waals surface area contributed by atoms with E-state index >= 15 is 0 Å². The van der Waals surface area contributed by atoms with Gasteiger partial charge in [-0.2, -0.15) is 18.3 Å². The number of nitrogens with zero attached hydrogens (tertiary/aromatic N) is 3. The Hall–Kier alpha value is -2.94. The first-order valence-corrected chi connectivity index (χ1v) is 9.21. The summed E-state index contributed by atoms with van der Waals surface area (Å²) in [6.07, 6.45) is -4.38. The highest BCUT2D eigenvalue weighted by molar-refractivity contribution is 6.30. The van der Waals surface area contributed by atoms with Crippen LogP contribution in [0.5, 0.6) is 0 Å². The van der Waals surface area contributed by atoms with E-state index in [-0.39, 0.29) is 18.0 Å². The summed E-state index contributed by atoms with van der Waals surface area (Å²) in [5.41, 5.74) is -0.300. The smallest absolute Gasteiger partial charge is 0.314 e. The maximum Gasteiger partial charge on any atom is 0.419 e. The van der Waals surface area contributed by atoms with Gasteiger partial charge in [-0.05, 0) is 35.9 Å². The summed E-state index contributed by atoms with van der Waals surface area (Å²) >= 11 is 5.86. The maximum absolute atomic E-state index is 13.5. The van der Waals surface area contributed by atoms with Crippen LogP contribution in [0.2, 0.25) is 5.02 Å². The van der Waals surface area contributed by atoms with Crippen molar-refractivity contribution in [1.82, 2.24) is 5.01 Å². The predicted molar refractivity (Wildman–Crippen MR) is 104 cm³/mol. The van der Waals surface area contributed by atoms with Crippen molar-refractivity contribution >= 4 is 34.8 Å². The fraction of sp³-hybridized carbons (Fsp3) is 0.250. The lowest BCUT2D eigenvalue weighted by atomic mass is 10.0. The molecular formula is C20H16ClF4N3O2. The highest BCUT2D eigenvalue weighted by Crippen LogP contribution is 2.33. The predicted octanol–water partition coefficient (Wildman–Crippen LogP) is 4.49. The van der Waals surface area contributed by atoms with E-state index in [0.717, 1.165) is 21.5 Å². The first kappa shape index (κ1) is 21.8. The van der Waals surface area contributed by atoms with Crippen LogP contribution in [0.3, 0.4) is 0 Å². The largest absolute Gasteiger partial charge is 0.419 e. The Morgan fingerprint density at radius 2 is 1.83 bits per heavy atom. The van der Waals surface area contributed by atoms with Crippen LogP contribution >= 0.6 is 11.6 Å². The molecule has 1 aliphatic rings. The van der Waals surface area contributed by atoms with Crippen molar-refractivity contribution in [3.63, 3.8) is 0 Å². The summed E-state index contributed by atoms with van der Waals surface area (Å²) in [6, 6.07) is 9.07. The van der Waals surface area contributed by atoms with Gasteiger partial charge in [-0.3, -0.25) is 9.59 Å². The molecule has 0 aliphatic carbocycles. The summed E-state index contributed by atoms with van der Waals surface area (Å²) in [6.45, 7) is -0.467. The minimum Gasteiger partial charge on any atom is -0.314 e. The van der Waals surface area contributed by atoms with Gasteiger partial charge in [0.05, 0.1) is 11.3 Å². The van der Waals surface area contributed by atoms with Gasteiger partial charge in [0.25, 0.3) is 0 Å². The lowest BCUT2D eigenvalue weighted by Gasteiger charge is -2.26. The van der Waals surface area contributed by atoms with Gasteiger partial charge >= 0.3 is 6.18 Å². The minimum absolute atomic E-state index is 0.132. The van der Waals surface area contributed by atoms with Gasteiger partial charge in [0.2, 0.25) is 11.8 Å². The fourth-order valence-electron chi connectivity index (χ4n) is 2.89. The molecule has 0 bridgehead atoms. The number of likely N-dealkylation sites (N-methyl/N-ethyl adjacent to an activating group) is 1. The van der Waals surface area contributed by atoms with Crippen LogP contribution < -0.4 is 4.90 Å². The van der Waals surface area contributed by atoms with E-state index in [1.165, 1.54) is 7.05 Å². The second-order valence-corrected chi connectivity index (χ2v) is 7.06. The zero-order valence-corrected chi connectivity index (χ0v) is 16.5. The van der Waals surface area contributed by atoms with Crippen LogP contribution in [0.4, 0.5) is 23.2 Å². The normalized spacial score (nSPS) is 14.5. The van der Waals surface area contributed by atoms with E-state index in [1.54, 1.807) is 24.3 Å². The van der Waals surface area contributed by atoms with E-state index < -0.39 is 30.0 Å². The number of rotatable bonds is 4. The van der Waals surface area contributed by atoms with Crippen molar-refractivity contribution < 1.29 is 27.2 Å². The molecule has 5 nitrogen and oxygen atoms in total. The molecule has 158 valence electrons. The average Bonchev–Trinajstić information content (AvgIpc) is 2.69. The standard InChI is InChI=1S/C20H16ClF4N3O2/c1-27(14-6-7-16(22)15(10-14)20(23,24)25)19(30)11-28-18(29)9-8-17(26-28)12-2-4-13(21)5-3-12/h2-7,10H,8-9,11H2,1H3. The summed E-state index contributed by atoms with van der Waals surface area (Å²) in [5.74, 6) is -2.50. The lowest BCUT2D eigenvalue weighted by Crippen LogP contribution is -2.41. The van der Waals surface area contributed by atoms with Gasteiger partial charge < -0.3 is 4.90 Å². The molecule has 0 saturated carbocycles. The number of hydrogen-bond donors (Lipinski definition) is 0. The van der Waals surface area contributed by atoms with Gasteiger partial charge in [0, 0.05) is 30.6 Å². The summed E-state index contributed by atoms with van der Waals surface area (Å²) in [5, 5.41) is 5.75. The molecule has 0 fully saturated rings. The molecule has 0 spiro atoms. The number of hydrogen-bond acceptors (Lipinski definition) is 3. The quantitative estimate of drug-likeness (QED) is 0.657. The number of carbonyl (C=O) groups excluding carboxylic acids is 2. The number of benzene rings is 2. The van der Waals surface area contributed by atoms with Crippen molar-refractivity contribution in [2.45, 2.75) is 19.0 Å². The van der Waals surface area contributed by atoms with Gasteiger partial charge in [-0.25, -0.2) is 9.40 Å². The Labute approximate surface area is 174 Å². The third kappa shape index (κ3) is 4.79. The van der Waals surface area contributed by atoms with E-state index in [2.05, 4.69) is 5.10 Å². The number of alkyl halides is 3. The van der Waals surface area contributed by atoms with Crippen LogP contribution in [0.1, 0.15) is 24.0 Å². The first-order valence-electron chi connectivity index (χ1n) is 8.83. The van der Waals surface area contributed by atoms with E-state index in [0.29, 0.717) is 29.3 Å². The number of carbonyl (C=O) groups is 2. The summed E-state index contributed by atoms with van der Waals surface area (Å²) in [7, 11) is 1.24. The molecule has 0 radical (unpaired) electrons. The van der Waals surface area contributed by atoms with Crippen molar-refractivity contribution in [2.24, 2.45) is 5.10 Å². The topological polar surface area (TPSA) is 53.0 Å². The Bertz CT molecular complexity index is 1010. The summed E-state index contributed by atoms with van der Waals surface area (Å²) in [4.78, 5) is 25.7. The Kier molecular flexibility index (Phi) is 6.12. The Morgan fingerprint density at radius 1 is 1.17 bits per heavy atom. The molecule has 0 N–H and O–H groups in total. The second-order valence-electron chi connectivity index (χ2n) is 6.62. The molecule has 0 unspecified atom stereocenters. The number of halogens is 5. The van der Waals surface area contributed by atoms with Crippen LogP contribution in [-0.4, -0.2) is 36.1 Å². The molecule has 1 heterocycles. The van der Waals surface area contributed by atoms with E-state index in [1.807, 2.05) is 0 Å². The molecule has 10 heteroatoms. The van der Waals surface area contributed by atoms with Crippen LogP contribution in [-0.2, 0) is 15.8 Å². The molecule has 3 rings (SSSR count). The second kappa shape index (κ2) is 8.43. The summed E-state index contributed by atoms with van der Waals surface area (Å²) < 4.78 is 52.3. The van der Waals surface area contributed by atoms with Crippen LogP contribution in [0, 0.1) is 5.82 Å². The van der Waals surface area contributed by atoms with E-state index in [9.17, 15) is 27.2 Å². The monoisotopic (exact) mass is 441 g/mol. The van der Waals surface area contributed by atoms with Crippen molar-refractivity contribution in [3.05, 3.63) is 64.4 Å². The Balaban J connectivity index is 1.79. The minimum atomic E-state index is -4.90. The molecule has 1 aliphatic heterocycles. The lowest BCUT2D eigenvalue weighted by molar-refractivity contribution is -0.140. The molecule has 2 amide bonds. The molecule has 0 aromatic heterocycles. The number of amides is 2. The molecule has 0 atom stereocenters. The molecule has 30 heavy (non-hydrogen) atoms. The SMILES string of the molecule is CN(C(=O)CN1N=C(c2ccc(Cl)cc2)CCC1=O)c1ccc(F)c(C(F)(F)F)c1. The third-order valence-corrected chi connectivity index (χ3v) is 4.84. The van der Waals surface area contributed by atoms with Gasteiger partial charge in [-0.1, -0.05) is 23.7 Å². The third-order valence-electron chi connectivity index (χ3n) is 4.58. The van der Waals surface area contributed by atoms with Crippen molar-refractivity contribution in [2.75, 3.05) is 18.5 Å². The highest BCUT2D eigenvalue weighted by Gasteiger charge is 2.35. The van der Waals surface area contributed by atoms with Gasteiger partial charge in [0.15, 0.2) is 0 Å².